The molecule has 2 fully saturated rings. The molecule has 3 aliphatic rings. The molecule has 140 valence electrons. The molecule has 1 heterocycles. The summed E-state index contributed by atoms with van der Waals surface area (Å²) in [4.78, 5) is 0. The summed E-state index contributed by atoms with van der Waals surface area (Å²) < 4.78 is 18.4. The number of rotatable bonds is 7. The van der Waals surface area contributed by atoms with Gasteiger partial charge in [-0.25, -0.2) is 0 Å². The van der Waals surface area contributed by atoms with Crippen LogP contribution in [0.4, 0.5) is 0 Å². The van der Waals surface area contributed by atoms with Crippen LogP contribution in [0.5, 0.6) is 0 Å². The van der Waals surface area contributed by atoms with E-state index < -0.39 is 0 Å². The second-order valence-electron chi connectivity index (χ2n) is 7.61. The first kappa shape index (κ1) is 17.0. The van der Waals surface area contributed by atoms with Crippen molar-refractivity contribution < 1.29 is 19.3 Å². The summed E-state index contributed by atoms with van der Waals surface area (Å²) in [6.07, 6.45) is 1.04. The number of hydrogen-bond donors (Lipinski definition) is 1. The zero-order chi connectivity index (χ0) is 18.2. The minimum Gasteiger partial charge on any atom is -0.483 e. The van der Waals surface area contributed by atoms with Crippen LogP contribution in [0.2, 0.25) is 0 Å². The molecule has 4 nitrogen and oxygen atoms in total. The molecule has 0 bridgehead atoms. The Labute approximate surface area is 159 Å². The first-order valence-electron chi connectivity index (χ1n) is 9.66. The highest BCUT2D eigenvalue weighted by atomic mass is 16.6. The molecular formula is C23H24O4. The normalized spacial score (nSPS) is 30.8. The summed E-state index contributed by atoms with van der Waals surface area (Å²) in [5, 5.41) is 9.87. The van der Waals surface area contributed by atoms with Gasteiger partial charge < -0.3 is 19.3 Å². The molecule has 27 heavy (non-hydrogen) atoms. The first-order chi connectivity index (χ1) is 13.3. The van der Waals surface area contributed by atoms with E-state index in [0.29, 0.717) is 19.1 Å². The molecule has 0 radical (unpaired) electrons. The zero-order valence-corrected chi connectivity index (χ0v) is 15.2. The summed E-state index contributed by atoms with van der Waals surface area (Å²) in [7, 11) is 0. The maximum atomic E-state index is 9.87. The molecule has 1 aliphatic heterocycles. The van der Waals surface area contributed by atoms with Crippen LogP contribution in [0, 0.1) is 11.8 Å². The van der Waals surface area contributed by atoms with Crippen molar-refractivity contribution in [3.8, 4) is 0 Å². The topological polar surface area (TPSA) is 51.2 Å². The lowest BCUT2D eigenvalue weighted by Crippen LogP contribution is -2.33. The first-order valence-corrected chi connectivity index (χ1v) is 9.66. The molecule has 5 atom stereocenters. The van der Waals surface area contributed by atoms with E-state index in [4.69, 9.17) is 14.2 Å². The molecule has 2 aliphatic carbocycles. The van der Waals surface area contributed by atoms with Crippen LogP contribution in [-0.2, 0) is 27.4 Å². The van der Waals surface area contributed by atoms with E-state index in [1.165, 1.54) is 0 Å². The fourth-order valence-corrected chi connectivity index (χ4v) is 4.70. The minimum absolute atomic E-state index is 0.0104. The van der Waals surface area contributed by atoms with Gasteiger partial charge in [-0.05, 0) is 17.5 Å². The summed E-state index contributed by atoms with van der Waals surface area (Å²) in [5.74, 6) is 1.57. The van der Waals surface area contributed by atoms with Crippen molar-refractivity contribution >= 4 is 0 Å². The molecule has 0 unspecified atom stereocenters. The Kier molecular flexibility index (Phi) is 4.48. The van der Waals surface area contributed by atoms with Crippen molar-refractivity contribution in [3.63, 3.8) is 0 Å². The SMILES string of the molecule is OCC1=C2O[C@@H]2[C@@H]2C[C@@H](OCc3ccccc3)[C@@H](OCc3ccccc3)[C@H]12. The molecule has 0 aromatic heterocycles. The van der Waals surface area contributed by atoms with Gasteiger partial charge in [-0.3, -0.25) is 0 Å². The quantitative estimate of drug-likeness (QED) is 0.765. The lowest BCUT2D eigenvalue weighted by Gasteiger charge is -2.26. The lowest BCUT2D eigenvalue weighted by molar-refractivity contribution is -0.0807. The van der Waals surface area contributed by atoms with E-state index >= 15 is 0 Å². The highest BCUT2D eigenvalue weighted by Gasteiger charge is 2.62. The van der Waals surface area contributed by atoms with Crippen LogP contribution >= 0.6 is 0 Å². The van der Waals surface area contributed by atoms with Gasteiger partial charge in [0.2, 0.25) is 0 Å². The zero-order valence-electron chi connectivity index (χ0n) is 15.2. The fraction of sp³-hybridized carbons (Fsp3) is 0.391. The summed E-state index contributed by atoms with van der Waals surface area (Å²) in [6, 6.07) is 20.5. The second-order valence-corrected chi connectivity index (χ2v) is 7.61. The van der Waals surface area contributed by atoms with Gasteiger partial charge in [-0.1, -0.05) is 60.7 Å². The largest absolute Gasteiger partial charge is 0.483 e. The van der Waals surface area contributed by atoms with Crippen molar-refractivity contribution in [2.24, 2.45) is 11.8 Å². The van der Waals surface area contributed by atoms with Crippen LogP contribution in [0.15, 0.2) is 72.0 Å². The highest BCUT2D eigenvalue weighted by Crippen LogP contribution is 2.58. The number of aliphatic hydroxyl groups is 1. The molecule has 5 rings (SSSR count). The van der Waals surface area contributed by atoms with Gasteiger partial charge in [0, 0.05) is 17.4 Å². The van der Waals surface area contributed by atoms with Crippen molar-refractivity contribution in [1.29, 1.82) is 0 Å². The monoisotopic (exact) mass is 364 g/mol. The summed E-state index contributed by atoms with van der Waals surface area (Å²) in [5.41, 5.74) is 3.34. The Morgan fingerprint density at radius 2 is 1.52 bits per heavy atom. The average molecular weight is 364 g/mol. The summed E-state index contributed by atoms with van der Waals surface area (Å²) in [6.45, 7) is 1.18. The molecule has 4 heteroatoms. The maximum Gasteiger partial charge on any atom is 0.159 e. The van der Waals surface area contributed by atoms with Gasteiger partial charge in [0.1, 0.15) is 5.76 Å². The van der Waals surface area contributed by atoms with E-state index in [1.54, 1.807) is 0 Å². The molecule has 1 saturated heterocycles. The van der Waals surface area contributed by atoms with E-state index in [1.807, 2.05) is 36.4 Å². The van der Waals surface area contributed by atoms with Gasteiger partial charge >= 0.3 is 0 Å². The molecule has 0 amide bonds. The number of hydrogen-bond acceptors (Lipinski definition) is 4. The molecular weight excluding hydrogens is 340 g/mol. The van der Waals surface area contributed by atoms with Crippen LogP contribution in [-0.4, -0.2) is 30.0 Å². The van der Waals surface area contributed by atoms with Crippen molar-refractivity contribution in [1.82, 2.24) is 0 Å². The molecule has 2 aromatic rings. The third-order valence-electron chi connectivity index (χ3n) is 6.01. The highest BCUT2D eigenvalue weighted by molar-refractivity contribution is 5.37. The molecule has 0 spiro atoms. The minimum atomic E-state index is -0.0510. The van der Waals surface area contributed by atoms with Gasteiger partial charge in [0.15, 0.2) is 6.10 Å². The van der Waals surface area contributed by atoms with Gasteiger partial charge in [-0.2, -0.15) is 0 Å². The Morgan fingerprint density at radius 3 is 2.15 bits per heavy atom. The Balaban J connectivity index is 1.32. The second kappa shape index (κ2) is 7.12. The van der Waals surface area contributed by atoms with Crippen LogP contribution in [0.3, 0.4) is 0 Å². The summed E-state index contributed by atoms with van der Waals surface area (Å²) >= 11 is 0. The van der Waals surface area contributed by atoms with Gasteiger partial charge in [0.05, 0.1) is 32.0 Å². The van der Waals surface area contributed by atoms with Gasteiger partial charge in [0.25, 0.3) is 0 Å². The number of benzene rings is 2. The molecule has 1 N–H and O–H groups in total. The molecule has 2 aromatic carbocycles. The predicted molar refractivity (Wildman–Crippen MR) is 101 cm³/mol. The number of ether oxygens (including phenoxy) is 3. The molecule has 1 saturated carbocycles. The maximum absolute atomic E-state index is 9.87. The van der Waals surface area contributed by atoms with E-state index in [2.05, 4.69) is 24.3 Å². The Morgan fingerprint density at radius 1 is 0.889 bits per heavy atom. The van der Waals surface area contributed by atoms with Crippen LogP contribution in [0.25, 0.3) is 0 Å². The number of aliphatic hydroxyl groups excluding tert-OH is 1. The third kappa shape index (κ3) is 3.18. The Hall–Kier alpha value is -2.14. The number of epoxide rings is 1. The van der Waals surface area contributed by atoms with E-state index in [0.717, 1.165) is 28.9 Å². The van der Waals surface area contributed by atoms with Crippen LogP contribution < -0.4 is 0 Å². The number of fused-ring (bicyclic) bond motifs is 3. The lowest BCUT2D eigenvalue weighted by atomic mass is 9.92. The Bertz CT molecular complexity index is 817. The third-order valence-corrected chi connectivity index (χ3v) is 6.01. The fourth-order valence-electron chi connectivity index (χ4n) is 4.70. The van der Waals surface area contributed by atoms with Crippen molar-refractivity contribution in [2.75, 3.05) is 6.61 Å². The van der Waals surface area contributed by atoms with E-state index in [-0.39, 0.29) is 30.8 Å². The predicted octanol–water partition coefficient (Wildman–Crippen LogP) is 3.45. The smallest absolute Gasteiger partial charge is 0.159 e. The van der Waals surface area contributed by atoms with Crippen LogP contribution in [0.1, 0.15) is 17.5 Å². The average Bonchev–Trinajstić information content (AvgIpc) is 3.33. The van der Waals surface area contributed by atoms with Crippen molar-refractivity contribution in [3.05, 3.63) is 83.1 Å². The van der Waals surface area contributed by atoms with Gasteiger partial charge in [-0.15, -0.1) is 0 Å². The van der Waals surface area contributed by atoms with Crippen molar-refractivity contribution in [2.45, 2.75) is 37.9 Å². The standard InChI is InChI=1S/C23H24O4/c24-12-18-20-17(21-22(18)27-21)11-19(25-13-15-7-3-1-4-8-15)23(20)26-14-16-9-5-2-6-10-16/h1-10,17,19-21,23-24H,11-14H2/t17-,19-,20+,21-,23-/m1/s1. The van der Waals surface area contributed by atoms with E-state index in [9.17, 15) is 5.11 Å².